The largest absolute Gasteiger partial charge is 0.493 e. The zero-order valence-electron chi connectivity index (χ0n) is 7.56. The molecule has 1 aliphatic rings. The average Bonchev–Trinajstić information content (AvgIpc) is 2.65. The summed E-state index contributed by atoms with van der Waals surface area (Å²) in [6.07, 6.45) is 1.22. The molecule has 1 aliphatic heterocycles. The SMILES string of the molecule is O=CCCOc1ccc2c(c1)OCO2. The van der Waals surface area contributed by atoms with Gasteiger partial charge in [-0.25, -0.2) is 0 Å². The van der Waals surface area contributed by atoms with Crippen LogP contribution >= 0.6 is 0 Å². The highest BCUT2D eigenvalue weighted by molar-refractivity contribution is 5.50. The predicted molar refractivity (Wildman–Crippen MR) is 48.7 cm³/mol. The number of rotatable bonds is 4. The van der Waals surface area contributed by atoms with Gasteiger partial charge >= 0.3 is 0 Å². The lowest BCUT2D eigenvalue weighted by molar-refractivity contribution is -0.108. The molecular formula is C10H10O4. The summed E-state index contributed by atoms with van der Waals surface area (Å²) in [4.78, 5) is 10.1. The fraction of sp³-hybridized carbons (Fsp3) is 0.300. The molecule has 0 radical (unpaired) electrons. The van der Waals surface area contributed by atoms with Crippen LogP contribution in [0.4, 0.5) is 0 Å². The van der Waals surface area contributed by atoms with Crippen molar-refractivity contribution < 1.29 is 19.0 Å². The maximum atomic E-state index is 10.1. The van der Waals surface area contributed by atoms with Crippen LogP contribution in [0.25, 0.3) is 0 Å². The van der Waals surface area contributed by atoms with Gasteiger partial charge in [0.2, 0.25) is 6.79 Å². The third-order valence-corrected chi connectivity index (χ3v) is 1.85. The standard InChI is InChI=1S/C10H10O4/c11-4-1-5-12-8-2-3-9-10(6-8)14-7-13-9/h2-4,6H,1,5,7H2. The number of benzene rings is 1. The lowest BCUT2D eigenvalue weighted by Gasteiger charge is -2.04. The molecule has 1 aromatic carbocycles. The van der Waals surface area contributed by atoms with Crippen LogP contribution in [0, 0.1) is 0 Å². The lowest BCUT2D eigenvalue weighted by atomic mass is 10.3. The molecule has 1 aromatic rings. The number of carbonyl (C=O) groups excluding carboxylic acids is 1. The van der Waals surface area contributed by atoms with E-state index in [9.17, 15) is 4.79 Å². The highest BCUT2D eigenvalue weighted by Gasteiger charge is 2.13. The summed E-state index contributed by atoms with van der Waals surface area (Å²) in [5.41, 5.74) is 0. The smallest absolute Gasteiger partial charge is 0.231 e. The van der Waals surface area contributed by atoms with E-state index in [1.165, 1.54) is 0 Å². The van der Waals surface area contributed by atoms with E-state index in [1.807, 2.05) is 0 Å². The highest BCUT2D eigenvalue weighted by Crippen LogP contribution is 2.34. The van der Waals surface area contributed by atoms with Crippen LogP contribution < -0.4 is 14.2 Å². The third kappa shape index (κ3) is 1.79. The van der Waals surface area contributed by atoms with Crippen molar-refractivity contribution in [3.63, 3.8) is 0 Å². The van der Waals surface area contributed by atoms with Gasteiger partial charge in [0.25, 0.3) is 0 Å². The Hall–Kier alpha value is -1.71. The van der Waals surface area contributed by atoms with Crippen molar-refractivity contribution in [1.82, 2.24) is 0 Å². The molecule has 0 spiro atoms. The average molecular weight is 194 g/mol. The van der Waals surface area contributed by atoms with Gasteiger partial charge in [-0.2, -0.15) is 0 Å². The van der Waals surface area contributed by atoms with E-state index < -0.39 is 0 Å². The molecule has 0 fully saturated rings. The maximum Gasteiger partial charge on any atom is 0.231 e. The van der Waals surface area contributed by atoms with Gasteiger partial charge in [-0.05, 0) is 12.1 Å². The van der Waals surface area contributed by atoms with E-state index in [0.29, 0.717) is 24.5 Å². The van der Waals surface area contributed by atoms with Crippen LogP contribution in [0.1, 0.15) is 6.42 Å². The van der Waals surface area contributed by atoms with E-state index >= 15 is 0 Å². The van der Waals surface area contributed by atoms with Gasteiger partial charge in [0.1, 0.15) is 12.0 Å². The van der Waals surface area contributed by atoms with Gasteiger partial charge in [0.15, 0.2) is 11.5 Å². The minimum absolute atomic E-state index is 0.257. The maximum absolute atomic E-state index is 10.1. The molecule has 14 heavy (non-hydrogen) atoms. The van der Waals surface area contributed by atoms with Crippen molar-refractivity contribution in [3.8, 4) is 17.2 Å². The van der Waals surface area contributed by atoms with E-state index in [4.69, 9.17) is 14.2 Å². The van der Waals surface area contributed by atoms with Crippen molar-refractivity contribution in [2.75, 3.05) is 13.4 Å². The van der Waals surface area contributed by atoms with Crippen molar-refractivity contribution in [3.05, 3.63) is 18.2 Å². The first-order chi connectivity index (χ1) is 6.90. The molecule has 4 nitrogen and oxygen atoms in total. The number of ether oxygens (including phenoxy) is 3. The molecule has 2 rings (SSSR count). The van der Waals surface area contributed by atoms with Crippen LogP contribution in [-0.2, 0) is 4.79 Å². The summed E-state index contributed by atoms with van der Waals surface area (Å²) in [6, 6.07) is 5.34. The normalized spacial score (nSPS) is 12.6. The lowest BCUT2D eigenvalue weighted by Crippen LogP contribution is -1.97. The fourth-order valence-electron chi connectivity index (χ4n) is 1.19. The van der Waals surface area contributed by atoms with E-state index in [1.54, 1.807) is 18.2 Å². The summed E-state index contributed by atoms with van der Waals surface area (Å²) >= 11 is 0. The van der Waals surface area contributed by atoms with Crippen LogP contribution in [0.15, 0.2) is 18.2 Å². The Labute approximate surface area is 81.4 Å². The van der Waals surface area contributed by atoms with Crippen LogP contribution in [0.2, 0.25) is 0 Å². The van der Waals surface area contributed by atoms with E-state index in [-0.39, 0.29) is 6.79 Å². The first-order valence-corrected chi connectivity index (χ1v) is 4.36. The fourth-order valence-corrected chi connectivity index (χ4v) is 1.19. The summed E-state index contributed by atoms with van der Waals surface area (Å²) in [7, 11) is 0. The Kier molecular flexibility index (Phi) is 2.53. The summed E-state index contributed by atoms with van der Waals surface area (Å²) < 4.78 is 15.6. The molecule has 0 unspecified atom stereocenters. The van der Waals surface area contributed by atoms with Crippen molar-refractivity contribution in [2.45, 2.75) is 6.42 Å². The van der Waals surface area contributed by atoms with Crippen molar-refractivity contribution in [2.24, 2.45) is 0 Å². The van der Waals surface area contributed by atoms with Gasteiger partial charge in [0.05, 0.1) is 6.61 Å². The summed E-state index contributed by atoms with van der Waals surface area (Å²) in [5.74, 6) is 2.11. The minimum Gasteiger partial charge on any atom is -0.493 e. The molecule has 0 N–H and O–H groups in total. The Morgan fingerprint density at radius 2 is 2.21 bits per heavy atom. The molecule has 0 atom stereocenters. The number of hydrogen-bond acceptors (Lipinski definition) is 4. The number of carbonyl (C=O) groups is 1. The third-order valence-electron chi connectivity index (χ3n) is 1.85. The second-order valence-electron chi connectivity index (χ2n) is 2.82. The summed E-state index contributed by atoms with van der Waals surface area (Å²) in [5, 5.41) is 0. The van der Waals surface area contributed by atoms with Crippen LogP contribution in [-0.4, -0.2) is 19.7 Å². The second-order valence-corrected chi connectivity index (χ2v) is 2.82. The number of hydrogen-bond donors (Lipinski definition) is 0. The number of aldehydes is 1. The van der Waals surface area contributed by atoms with Crippen LogP contribution in [0.5, 0.6) is 17.2 Å². The molecule has 0 aromatic heterocycles. The molecule has 0 amide bonds. The van der Waals surface area contributed by atoms with Gasteiger partial charge in [0, 0.05) is 12.5 Å². The van der Waals surface area contributed by atoms with E-state index in [2.05, 4.69) is 0 Å². The Morgan fingerprint density at radius 3 is 3.07 bits per heavy atom. The highest BCUT2D eigenvalue weighted by atomic mass is 16.7. The van der Waals surface area contributed by atoms with Gasteiger partial charge in [-0.3, -0.25) is 0 Å². The van der Waals surface area contributed by atoms with Crippen molar-refractivity contribution >= 4 is 6.29 Å². The topological polar surface area (TPSA) is 44.8 Å². The zero-order chi connectivity index (χ0) is 9.80. The molecule has 0 saturated carbocycles. The monoisotopic (exact) mass is 194 g/mol. The molecule has 0 bridgehead atoms. The second kappa shape index (κ2) is 4.00. The Bertz CT molecular complexity index is 335. The quantitative estimate of drug-likeness (QED) is 0.536. The Morgan fingerprint density at radius 1 is 1.36 bits per heavy atom. The van der Waals surface area contributed by atoms with Crippen molar-refractivity contribution in [1.29, 1.82) is 0 Å². The molecule has 74 valence electrons. The van der Waals surface area contributed by atoms with Gasteiger partial charge in [-0.15, -0.1) is 0 Å². The molecule has 1 heterocycles. The van der Waals surface area contributed by atoms with Crippen LogP contribution in [0.3, 0.4) is 0 Å². The first-order valence-electron chi connectivity index (χ1n) is 4.36. The number of fused-ring (bicyclic) bond motifs is 1. The predicted octanol–water partition coefficient (Wildman–Crippen LogP) is 1.38. The van der Waals surface area contributed by atoms with Gasteiger partial charge in [-0.1, -0.05) is 0 Å². The molecular weight excluding hydrogens is 184 g/mol. The van der Waals surface area contributed by atoms with E-state index in [0.717, 1.165) is 12.0 Å². The minimum atomic E-state index is 0.257. The summed E-state index contributed by atoms with van der Waals surface area (Å²) in [6.45, 7) is 0.649. The molecule has 4 heteroatoms. The Balaban J connectivity index is 2.01. The first kappa shape index (κ1) is 8.87. The zero-order valence-corrected chi connectivity index (χ0v) is 7.56. The molecule has 0 saturated heterocycles. The van der Waals surface area contributed by atoms with Gasteiger partial charge < -0.3 is 19.0 Å². The molecule has 0 aliphatic carbocycles.